The van der Waals surface area contributed by atoms with Crippen LogP contribution in [0, 0.1) is 0 Å². The number of aromatic nitrogens is 2. The molecule has 0 saturated heterocycles. The van der Waals surface area contributed by atoms with Crippen LogP contribution in [-0.2, 0) is 9.53 Å². The van der Waals surface area contributed by atoms with Crippen molar-refractivity contribution in [2.75, 3.05) is 19.1 Å². The molecule has 0 aliphatic heterocycles. The number of methoxy groups -OCH3 is 1. The van der Waals surface area contributed by atoms with Crippen LogP contribution in [0.15, 0.2) is 20.3 Å². The Kier molecular flexibility index (Phi) is 6.61. The van der Waals surface area contributed by atoms with Crippen LogP contribution in [0.2, 0.25) is 0 Å². The van der Waals surface area contributed by atoms with Gasteiger partial charge in [0.1, 0.15) is 0 Å². The molecular formula is C10H14N2O2S3. The molecule has 0 saturated carbocycles. The summed E-state index contributed by atoms with van der Waals surface area (Å²) in [6.45, 7) is 1.93. The minimum Gasteiger partial charge on any atom is -0.466 e. The number of carbonyl (C=O) groups excluding carboxylic acids is 1. The van der Waals surface area contributed by atoms with Gasteiger partial charge >= 0.3 is 5.97 Å². The van der Waals surface area contributed by atoms with Gasteiger partial charge in [-0.1, -0.05) is 47.9 Å². The van der Waals surface area contributed by atoms with E-state index in [4.69, 9.17) is 0 Å². The Morgan fingerprint density at radius 1 is 1.47 bits per heavy atom. The second-order valence-corrected chi connectivity index (χ2v) is 6.22. The highest BCUT2D eigenvalue weighted by Crippen LogP contribution is 2.27. The summed E-state index contributed by atoms with van der Waals surface area (Å²) in [6, 6.07) is 0. The number of esters is 1. The zero-order valence-corrected chi connectivity index (χ0v) is 12.4. The molecule has 1 rings (SSSR count). The third-order valence-corrected chi connectivity index (χ3v) is 4.89. The molecule has 1 aromatic rings. The predicted molar refractivity (Wildman–Crippen MR) is 72.8 cm³/mol. The minimum absolute atomic E-state index is 0.254. The van der Waals surface area contributed by atoms with E-state index in [-0.39, 0.29) is 5.97 Å². The average molecular weight is 290 g/mol. The highest BCUT2D eigenvalue weighted by molar-refractivity contribution is 8.03. The van der Waals surface area contributed by atoms with Crippen LogP contribution < -0.4 is 0 Å². The molecule has 17 heavy (non-hydrogen) atoms. The Balaban J connectivity index is 2.49. The molecule has 0 fully saturated rings. The monoisotopic (exact) mass is 290 g/mol. The molecule has 0 bridgehead atoms. The van der Waals surface area contributed by atoms with Crippen LogP contribution in [0.3, 0.4) is 0 Å². The van der Waals surface area contributed by atoms with E-state index in [2.05, 4.69) is 14.9 Å². The Hall–Kier alpha value is -0.530. The van der Waals surface area contributed by atoms with E-state index in [1.807, 2.05) is 19.3 Å². The molecule has 0 amide bonds. The van der Waals surface area contributed by atoms with Crippen molar-refractivity contribution in [1.29, 1.82) is 0 Å². The summed E-state index contributed by atoms with van der Waals surface area (Å²) < 4.78 is 6.56. The van der Waals surface area contributed by atoms with Crippen LogP contribution >= 0.6 is 34.9 Å². The smallest absolute Gasteiger partial charge is 0.333 e. The molecule has 1 heterocycles. The van der Waals surface area contributed by atoms with Crippen LogP contribution in [0.4, 0.5) is 0 Å². The topological polar surface area (TPSA) is 52.1 Å². The molecule has 0 atom stereocenters. The fraction of sp³-hybridized carbons (Fsp3) is 0.500. The average Bonchev–Trinajstić information content (AvgIpc) is 2.81. The Morgan fingerprint density at radius 2 is 2.18 bits per heavy atom. The van der Waals surface area contributed by atoms with Gasteiger partial charge in [-0.25, -0.2) is 4.79 Å². The van der Waals surface area contributed by atoms with Gasteiger partial charge in [-0.15, -0.1) is 10.2 Å². The summed E-state index contributed by atoms with van der Waals surface area (Å²) in [7, 11) is 1.40. The zero-order valence-electron chi connectivity index (χ0n) is 9.93. The van der Waals surface area contributed by atoms with Gasteiger partial charge in [0.2, 0.25) is 0 Å². The van der Waals surface area contributed by atoms with E-state index in [0.29, 0.717) is 17.7 Å². The summed E-state index contributed by atoms with van der Waals surface area (Å²) in [5.74, 6) is 0.455. The second-order valence-electron chi connectivity index (χ2n) is 2.92. The maximum Gasteiger partial charge on any atom is 0.333 e. The molecule has 0 aliphatic rings. The first-order chi connectivity index (χ1) is 8.21. The first kappa shape index (κ1) is 14.5. The lowest BCUT2D eigenvalue weighted by Crippen LogP contribution is -2.04. The van der Waals surface area contributed by atoms with Gasteiger partial charge in [0, 0.05) is 11.3 Å². The summed E-state index contributed by atoms with van der Waals surface area (Å²) >= 11 is 4.72. The van der Waals surface area contributed by atoms with Gasteiger partial charge < -0.3 is 4.74 Å². The van der Waals surface area contributed by atoms with Gasteiger partial charge in [-0.3, -0.25) is 0 Å². The highest BCUT2D eigenvalue weighted by Gasteiger charge is 2.07. The van der Waals surface area contributed by atoms with Gasteiger partial charge in [0.15, 0.2) is 8.68 Å². The van der Waals surface area contributed by atoms with E-state index in [1.54, 1.807) is 34.9 Å². The molecule has 0 aromatic carbocycles. The third kappa shape index (κ3) is 4.69. The summed E-state index contributed by atoms with van der Waals surface area (Å²) in [4.78, 5) is 11.3. The lowest BCUT2D eigenvalue weighted by molar-refractivity contribution is -0.136. The fourth-order valence-electron chi connectivity index (χ4n) is 1.05. The van der Waals surface area contributed by atoms with E-state index >= 15 is 0 Å². The van der Waals surface area contributed by atoms with Crippen molar-refractivity contribution in [1.82, 2.24) is 10.2 Å². The van der Waals surface area contributed by atoms with Crippen molar-refractivity contribution in [2.24, 2.45) is 0 Å². The molecule has 0 radical (unpaired) electrons. The molecule has 4 nitrogen and oxygen atoms in total. The number of nitrogens with zero attached hydrogens (tertiary/aromatic N) is 2. The highest BCUT2D eigenvalue weighted by atomic mass is 32.2. The van der Waals surface area contributed by atoms with E-state index < -0.39 is 0 Å². The summed E-state index contributed by atoms with van der Waals surface area (Å²) in [6.07, 6.45) is 4.54. The van der Waals surface area contributed by atoms with E-state index in [9.17, 15) is 4.79 Å². The SMILES string of the molecule is CCC(=CCSc1nnc(SC)s1)C(=O)OC. The van der Waals surface area contributed by atoms with Crippen molar-refractivity contribution in [3.8, 4) is 0 Å². The molecule has 1 aromatic heterocycles. The zero-order chi connectivity index (χ0) is 12.7. The van der Waals surface area contributed by atoms with Gasteiger partial charge in [-0.2, -0.15) is 0 Å². The molecule has 0 aliphatic carbocycles. The van der Waals surface area contributed by atoms with Gasteiger partial charge in [0.25, 0.3) is 0 Å². The summed E-state index contributed by atoms with van der Waals surface area (Å²) in [5.41, 5.74) is 0.703. The molecule has 0 N–H and O–H groups in total. The number of hydrogen-bond acceptors (Lipinski definition) is 7. The number of thioether (sulfide) groups is 2. The normalized spacial score (nSPS) is 11.6. The number of ether oxygens (including phenoxy) is 1. The minimum atomic E-state index is -0.254. The van der Waals surface area contributed by atoms with Gasteiger partial charge in [-0.05, 0) is 12.7 Å². The lowest BCUT2D eigenvalue weighted by Gasteiger charge is -2.00. The van der Waals surface area contributed by atoms with Crippen molar-refractivity contribution in [3.05, 3.63) is 11.6 Å². The van der Waals surface area contributed by atoms with Crippen molar-refractivity contribution < 1.29 is 9.53 Å². The Morgan fingerprint density at radius 3 is 2.71 bits per heavy atom. The summed E-state index contributed by atoms with van der Waals surface area (Å²) in [5, 5.41) is 8.04. The molecular weight excluding hydrogens is 276 g/mol. The lowest BCUT2D eigenvalue weighted by atomic mass is 10.2. The molecule has 0 unspecified atom stereocenters. The quantitative estimate of drug-likeness (QED) is 0.456. The van der Waals surface area contributed by atoms with Crippen LogP contribution in [0.5, 0.6) is 0 Å². The first-order valence-corrected chi connectivity index (χ1v) is 8.01. The largest absolute Gasteiger partial charge is 0.466 e. The Labute approximate surface area is 113 Å². The molecule has 7 heteroatoms. The fourth-order valence-corrected chi connectivity index (χ4v) is 3.42. The van der Waals surface area contributed by atoms with Crippen molar-refractivity contribution >= 4 is 40.8 Å². The maximum atomic E-state index is 11.3. The second kappa shape index (κ2) is 7.73. The number of carbonyl (C=O) groups is 1. The first-order valence-electron chi connectivity index (χ1n) is 4.98. The van der Waals surface area contributed by atoms with Crippen LogP contribution in [0.25, 0.3) is 0 Å². The maximum absolute atomic E-state index is 11.3. The number of rotatable bonds is 6. The number of hydrogen-bond donors (Lipinski definition) is 0. The van der Waals surface area contributed by atoms with Crippen molar-refractivity contribution in [2.45, 2.75) is 22.0 Å². The van der Waals surface area contributed by atoms with Crippen LogP contribution in [-0.4, -0.2) is 35.3 Å². The van der Waals surface area contributed by atoms with Crippen molar-refractivity contribution in [3.63, 3.8) is 0 Å². The van der Waals surface area contributed by atoms with E-state index in [1.165, 1.54) is 7.11 Å². The predicted octanol–water partition coefficient (Wildman–Crippen LogP) is 2.86. The third-order valence-electron chi connectivity index (χ3n) is 1.93. The molecule has 0 spiro atoms. The standard InChI is InChI=1S/C10H14N2O2S3/c1-4-7(8(13)14-2)5-6-16-10-12-11-9(15-3)17-10/h5H,4,6H2,1-3H3. The molecule has 94 valence electrons. The van der Waals surface area contributed by atoms with Gasteiger partial charge in [0.05, 0.1) is 7.11 Å². The van der Waals surface area contributed by atoms with Crippen LogP contribution in [0.1, 0.15) is 13.3 Å². The van der Waals surface area contributed by atoms with E-state index in [0.717, 1.165) is 8.68 Å². The Bertz CT molecular complexity index is 404.